The Morgan fingerprint density at radius 3 is 1.93 bits per heavy atom. The summed E-state index contributed by atoms with van der Waals surface area (Å²) in [5, 5.41) is 8.08. The van der Waals surface area contributed by atoms with Crippen molar-refractivity contribution in [3.05, 3.63) is 23.5 Å². The predicted molar refractivity (Wildman–Crippen MR) is 61.4 cm³/mol. The lowest BCUT2D eigenvalue weighted by Crippen LogP contribution is -1.90. The van der Waals surface area contributed by atoms with Crippen LogP contribution >= 0.6 is 0 Å². The molecule has 1 aromatic heterocycles. The molecule has 0 bridgehead atoms. The molecule has 0 N–H and O–H groups in total. The van der Waals surface area contributed by atoms with Gasteiger partial charge in [0.05, 0.1) is 11.4 Å². The monoisotopic (exact) mass is 194 g/mol. The summed E-state index contributed by atoms with van der Waals surface area (Å²) in [4.78, 5) is 0. The third-order valence-electron chi connectivity index (χ3n) is 1.81. The average Bonchev–Trinajstić information content (AvgIpc) is 3.09. The zero-order valence-corrected chi connectivity index (χ0v) is 10.0. The first-order chi connectivity index (χ1) is 6.86. The lowest BCUT2D eigenvalue weighted by Gasteiger charge is -1.93. The Morgan fingerprint density at radius 1 is 1.00 bits per heavy atom. The first-order valence-corrected chi connectivity index (χ1v) is 5.66. The molecule has 1 aliphatic carbocycles. The smallest absolute Gasteiger partial charge is 0.0662 e. The van der Waals surface area contributed by atoms with Gasteiger partial charge in [0.25, 0.3) is 0 Å². The molecule has 1 aromatic rings. The van der Waals surface area contributed by atoms with Gasteiger partial charge in [-0.1, -0.05) is 27.7 Å². The van der Waals surface area contributed by atoms with Crippen molar-refractivity contribution in [1.82, 2.24) is 10.2 Å². The van der Waals surface area contributed by atoms with Crippen LogP contribution in [0.25, 0.3) is 0 Å². The van der Waals surface area contributed by atoms with E-state index in [4.69, 9.17) is 0 Å². The number of nitrogens with zero attached hydrogens (tertiary/aromatic N) is 2. The van der Waals surface area contributed by atoms with Crippen LogP contribution in [-0.2, 0) is 0 Å². The Hall–Kier alpha value is -0.920. The zero-order valence-electron chi connectivity index (χ0n) is 10.0. The van der Waals surface area contributed by atoms with Crippen molar-refractivity contribution in [1.29, 1.82) is 0 Å². The molecule has 0 amide bonds. The lowest BCUT2D eigenvalue weighted by molar-refractivity contribution is 0.885. The molecule has 80 valence electrons. The summed E-state index contributed by atoms with van der Waals surface area (Å²) in [5.41, 5.74) is 2.18. The molecule has 2 heteroatoms. The van der Waals surface area contributed by atoms with Crippen molar-refractivity contribution in [2.24, 2.45) is 0 Å². The quantitative estimate of drug-likeness (QED) is 0.681. The van der Waals surface area contributed by atoms with E-state index in [1.54, 1.807) is 0 Å². The molecule has 0 saturated heterocycles. The third kappa shape index (κ3) is 4.35. The van der Waals surface area contributed by atoms with Crippen LogP contribution in [0.4, 0.5) is 0 Å². The maximum absolute atomic E-state index is 4.09. The van der Waals surface area contributed by atoms with Crippen LogP contribution in [0.15, 0.2) is 12.1 Å². The van der Waals surface area contributed by atoms with Crippen LogP contribution in [-0.4, -0.2) is 10.2 Å². The SMILES string of the molecule is CC.CC.Cc1ccc(C2CC2)nn1. The Labute approximate surface area is 87.8 Å². The molecule has 0 aromatic carbocycles. The Morgan fingerprint density at radius 2 is 1.57 bits per heavy atom. The Bertz CT molecular complexity index is 225. The second kappa shape index (κ2) is 7.48. The van der Waals surface area contributed by atoms with Gasteiger partial charge >= 0.3 is 0 Å². The van der Waals surface area contributed by atoms with Crippen LogP contribution in [0.2, 0.25) is 0 Å². The van der Waals surface area contributed by atoms with Gasteiger partial charge < -0.3 is 0 Å². The lowest BCUT2D eigenvalue weighted by atomic mass is 10.2. The molecule has 2 nitrogen and oxygen atoms in total. The van der Waals surface area contributed by atoms with Gasteiger partial charge in [-0.15, -0.1) is 0 Å². The summed E-state index contributed by atoms with van der Waals surface area (Å²) in [6.45, 7) is 9.96. The minimum Gasteiger partial charge on any atom is -0.156 e. The van der Waals surface area contributed by atoms with Gasteiger partial charge in [0.2, 0.25) is 0 Å². The number of aryl methyl sites for hydroxylation is 1. The molecular formula is C12H22N2. The van der Waals surface area contributed by atoms with Crippen LogP contribution < -0.4 is 0 Å². The Kier molecular flexibility index (Phi) is 6.99. The summed E-state index contributed by atoms with van der Waals surface area (Å²) in [6.07, 6.45) is 2.61. The summed E-state index contributed by atoms with van der Waals surface area (Å²) in [7, 11) is 0. The largest absolute Gasteiger partial charge is 0.156 e. The third-order valence-corrected chi connectivity index (χ3v) is 1.81. The highest BCUT2D eigenvalue weighted by Gasteiger charge is 2.24. The standard InChI is InChI=1S/C8H10N2.2C2H6/c1-6-2-5-8(10-9-6)7-3-4-7;2*1-2/h2,5,7H,3-4H2,1H3;2*1-2H3. The van der Waals surface area contributed by atoms with Crippen LogP contribution in [0.3, 0.4) is 0 Å². The maximum Gasteiger partial charge on any atom is 0.0662 e. The van der Waals surface area contributed by atoms with Crippen molar-refractivity contribution in [3.8, 4) is 0 Å². The molecule has 0 unspecified atom stereocenters. The van der Waals surface area contributed by atoms with E-state index in [0.717, 1.165) is 11.6 Å². The van der Waals surface area contributed by atoms with Gasteiger partial charge in [0, 0.05) is 5.92 Å². The fraction of sp³-hybridized carbons (Fsp3) is 0.667. The van der Waals surface area contributed by atoms with Gasteiger partial charge in [0.1, 0.15) is 0 Å². The van der Waals surface area contributed by atoms with Crippen molar-refractivity contribution in [2.75, 3.05) is 0 Å². The van der Waals surface area contributed by atoms with E-state index in [2.05, 4.69) is 16.3 Å². The van der Waals surface area contributed by atoms with Gasteiger partial charge in [-0.2, -0.15) is 10.2 Å². The minimum atomic E-state index is 0.730. The summed E-state index contributed by atoms with van der Waals surface area (Å²) in [6, 6.07) is 4.11. The highest BCUT2D eigenvalue weighted by Crippen LogP contribution is 2.38. The molecule has 1 aliphatic rings. The van der Waals surface area contributed by atoms with Crippen LogP contribution in [0.1, 0.15) is 57.8 Å². The molecule has 0 aliphatic heterocycles. The van der Waals surface area contributed by atoms with E-state index in [-0.39, 0.29) is 0 Å². The van der Waals surface area contributed by atoms with Gasteiger partial charge in [-0.05, 0) is 31.9 Å². The number of hydrogen-bond acceptors (Lipinski definition) is 2. The summed E-state index contributed by atoms with van der Waals surface area (Å²) in [5.74, 6) is 0.730. The Balaban J connectivity index is 0.000000379. The maximum atomic E-state index is 4.09. The first kappa shape index (κ1) is 13.1. The van der Waals surface area contributed by atoms with Crippen molar-refractivity contribution in [2.45, 2.75) is 53.4 Å². The van der Waals surface area contributed by atoms with Crippen molar-refractivity contribution < 1.29 is 0 Å². The highest BCUT2D eigenvalue weighted by atomic mass is 15.1. The average molecular weight is 194 g/mol. The van der Waals surface area contributed by atoms with E-state index >= 15 is 0 Å². The van der Waals surface area contributed by atoms with E-state index in [9.17, 15) is 0 Å². The zero-order chi connectivity index (χ0) is 11.0. The van der Waals surface area contributed by atoms with Crippen LogP contribution in [0.5, 0.6) is 0 Å². The molecule has 0 atom stereocenters. The van der Waals surface area contributed by atoms with Crippen molar-refractivity contribution >= 4 is 0 Å². The molecule has 1 heterocycles. The van der Waals surface area contributed by atoms with Crippen molar-refractivity contribution in [3.63, 3.8) is 0 Å². The van der Waals surface area contributed by atoms with E-state index in [1.165, 1.54) is 18.5 Å². The molecule has 0 spiro atoms. The second-order valence-corrected chi connectivity index (χ2v) is 2.87. The van der Waals surface area contributed by atoms with E-state index in [1.807, 2.05) is 40.7 Å². The van der Waals surface area contributed by atoms with E-state index in [0.29, 0.717) is 0 Å². The van der Waals surface area contributed by atoms with Crippen LogP contribution in [0, 0.1) is 6.92 Å². The summed E-state index contributed by atoms with van der Waals surface area (Å²) >= 11 is 0. The summed E-state index contributed by atoms with van der Waals surface area (Å²) < 4.78 is 0. The number of rotatable bonds is 1. The number of hydrogen-bond donors (Lipinski definition) is 0. The topological polar surface area (TPSA) is 25.8 Å². The van der Waals surface area contributed by atoms with Gasteiger partial charge in [0.15, 0.2) is 0 Å². The molecule has 1 saturated carbocycles. The predicted octanol–water partition coefficient (Wildman–Crippen LogP) is 3.71. The molecule has 2 rings (SSSR count). The molecule has 0 radical (unpaired) electrons. The van der Waals surface area contributed by atoms with E-state index < -0.39 is 0 Å². The highest BCUT2D eigenvalue weighted by molar-refractivity contribution is 5.14. The molecule has 1 fully saturated rings. The molecular weight excluding hydrogens is 172 g/mol. The normalized spacial score (nSPS) is 13.2. The minimum absolute atomic E-state index is 0.730. The van der Waals surface area contributed by atoms with Gasteiger partial charge in [-0.25, -0.2) is 0 Å². The first-order valence-electron chi connectivity index (χ1n) is 5.66. The fourth-order valence-corrected chi connectivity index (χ4v) is 1.01. The number of aromatic nitrogens is 2. The van der Waals surface area contributed by atoms with Gasteiger partial charge in [-0.3, -0.25) is 0 Å². The fourth-order valence-electron chi connectivity index (χ4n) is 1.01. The second-order valence-electron chi connectivity index (χ2n) is 2.87. The molecule has 14 heavy (non-hydrogen) atoms.